The third-order valence-corrected chi connectivity index (χ3v) is 11.0. The first-order valence-electron chi connectivity index (χ1n) is 12.6. The maximum Gasteiger partial charge on any atom is 0.137 e. The number of hydrogen-bond acceptors (Lipinski definition) is 3. The molecule has 0 aliphatic heterocycles. The van der Waals surface area contributed by atoms with Crippen molar-refractivity contribution in [1.82, 2.24) is 0 Å². The molecule has 1 nitrogen and oxygen atoms in total. The Kier molecular flexibility index (Phi) is 5.67. The van der Waals surface area contributed by atoms with Crippen LogP contribution in [0.1, 0.15) is 63.9 Å². The van der Waals surface area contributed by atoms with E-state index in [-0.39, 0.29) is 0 Å². The summed E-state index contributed by atoms with van der Waals surface area (Å²) in [6, 6.07) is 13.3. The molecule has 0 amide bonds. The second kappa shape index (κ2) is 8.65. The van der Waals surface area contributed by atoms with Crippen molar-refractivity contribution in [3.63, 3.8) is 0 Å². The molecule has 4 aromatic rings. The van der Waals surface area contributed by atoms with Crippen LogP contribution in [0, 0.1) is 30.6 Å². The van der Waals surface area contributed by atoms with Crippen molar-refractivity contribution in [1.29, 1.82) is 0 Å². The minimum atomic E-state index is 0.729. The summed E-state index contributed by atoms with van der Waals surface area (Å²) in [5.74, 6) is 4.80. The van der Waals surface area contributed by atoms with E-state index in [0.717, 1.165) is 36.0 Å². The molecule has 168 valence electrons. The molecule has 2 aromatic carbocycles. The van der Waals surface area contributed by atoms with Crippen LogP contribution >= 0.6 is 22.7 Å². The monoisotopic (exact) mass is 462 g/mol. The maximum atomic E-state index is 6.53. The lowest BCUT2D eigenvalue weighted by Crippen LogP contribution is -2.27. The molecule has 2 fully saturated rings. The van der Waals surface area contributed by atoms with Crippen molar-refractivity contribution in [3.05, 3.63) is 42.0 Å². The fourth-order valence-corrected chi connectivity index (χ4v) is 9.21. The average molecular weight is 463 g/mol. The second-order valence-corrected chi connectivity index (χ2v) is 12.6. The van der Waals surface area contributed by atoms with Crippen molar-refractivity contribution in [2.75, 3.05) is 6.61 Å². The topological polar surface area (TPSA) is 9.23 Å². The zero-order valence-corrected chi connectivity index (χ0v) is 21.0. The van der Waals surface area contributed by atoms with Gasteiger partial charge >= 0.3 is 0 Å². The Morgan fingerprint density at radius 1 is 0.781 bits per heavy atom. The molecule has 0 N–H and O–H groups in total. The average Bonchev–Trinajstić information content (AvgIpc) is 3.37. The van der Waals surface area contributed by atoms with Gasteiger partial charge in [0.2, 0.25) is 0 Å². The zero-order valence-electron chi connectivity index (χ0n) is 19.4. The van der Waals surface area contributed by atoms with Gasteiger partial charge in [0.1, 0.15) is 5.75 Å². The molecule has 2 aliphatic carbocycles. The predicted molar refractivity (Wildman–Crippen MR) is 142 cm³/mol. The number of ether oxygens (including phenoxy) is 1. The number of thiophene rings is 2. The zero-order chi connectivity index (χ0) is 21.7. The van der Waals surface area contributed by atoms with Crippen molar-refractivity contribution in [2.24, 2.45) is 23.7 Å². The van der Waals surface area contributed by atoms with Crippen LogP contribution in [0.3, 0.4) is 0 Å². The summed E-state index contributed by atoms with van der Waals surface area (Å²) in [7, 11) is 0. The number of rotatable bonds is 4. The molecule has 0 unspecified atom stereocenters. The Morgan fingerprint density at radius 3 is 2.28 bits per heavy atom. The molecular weight excluding hydrogens is 428 g/mol. The molecule has 3 heteroatoms. The summed E-state index contributed by atoms with van der Waals surface area (Å²) in [5.41, 5.74) is 1.37. The standard InChI is InChI=1S/C29H34OS2/c1-18-7-12-21(13-8-18)22-14-10-20(11-15-22)17-30-24-16-9-19(2)26-28(24)32-27-23-5-3-4-6-25(23)31-29(26)27/h3-6,9,16,18,20-22H,7-8,10-15,17H2,1-2H3. The maximum absolute atomic E-state index is 6.53. The van der Waals surface area contributed by atoms with Crippen LogP contribution in [0.25, 0.3) is 29.6 Å². The Hall–Kier alpha value is -1.58. The van der Waals surface area contributed by atoms with Gasteiger partial charge in [-0.15, -0.1) is 22.7 Å². The molecule has 2 heterocycles. The summed E-state index contributed by atoms with van der Waals surface area (Å²) in [6.07, 6.45) is 11.5. The molecule has 2 aromatic heterocycles. The van der Waals surface area contributed by atoms with E-state index < -0.39 is 0 Å². The fraction of sp³-hybridized carbons (Fsp3) is 0.517. The van der Waals surface area contributed by atoms with E-state index in [9.17, 15) is 0 Å². The van der Waals surface area contributed by atoms with Crippen molar-refractivity contribution < 1.29 is 4.74 Å². The lowest BCUT2D eigenvalue weighted by atomic mass is 9.69. The Balaban J connectivity index is 1.17. The van der Waals surface area contributed by atoms with Crippen LogP contribution in [0.4, 0.5) is 0 Å². The Labute approximate surface area is 199 Å². The second-order valence-electron chi connectivity index (χ2n) is 10.6. The number of benzene rings is 2. The van der Waals surface area contributed by atoms with Crippen LogP contribution in [-0.4, -0.2) is 6.61 Å². The Morgan fingerprint density at radius 2 is 1.50 bits per heavy atom. The van der Waals surface area contributed by atoms with E-state index in [1.165, 1.54) is 86.5 Å². The summed E-state index contributed by atoms with van der Waals surface area (Å²) < 4.78 is 12.2. The van der Waals surface area contributed by atoms with Gasteiger partial charge in [-0.25, -0.2) is 0 Å². The van der Waals surface area contributed by atoms with Gasteiger partial charge in [0.15, 0.2) is 0 Å². The minimum absolute atomic E-state index is 0.729. The Bertz CT molecular complexity index is 1230. The van der Waals surface area contributed by atoms with Gasteiger partial charge in [0.05, 0.1) is 20.7 Å². The van der Waals surface area contributed by atoms with E-state index in [4.69, 9.17) is 4.74 Å². The van der Waals surface area contributed by atoms with Gasteiger partial charge in [-0.2, -0.15) is 0 Å². The molecule has 0 spiro atoms. The highest BCUT2D eigenvalue weighted by molar-refractivity contribution is 7.36. The highest BCUT2D eigenvalue weighted by Crippen LogP contribution is 2.48. The van der Waals surface area contributed by atoms with Crippen molar-refractivity contribution in [3.8, 4) is 5.75 Å². The lowest BCUT2D eigenvalue weighted by molar-refractivity contribution is 0.126. The number of hydrogen-bond donors (Lipinski definition) is 0. The van der Waals surface area contributed by atoms with Gasteiger partial charge in [0.25, 0.3) is 0 Å². The number of aryl methyl sites for hydroxylation is 1. The van der Waals surface area contributed by atoms with Crippen molar-refractivity contribution in [2.45, 2.75) is 65.2 Å². The molecule has 0 radical (unpaired) electrons. The molecule has 0 atom stereocenters. The largest absolute Gasteiger partial charge is 0.492 e. The molecule has 6 rings (SSSR count). The minimum Gasteiger partial charge on any atom is -0.492 e. The smallest absolute Gasteiger partial charge is 0.137 e. The highest BCUT2D eigenvalue weighted by atomic mass is 32.1. The van der Waals surface area contributed by atoms with E-state index in [1.54, 1.807) is 0 Å². The van der Waals surface area contributed by atoms with Crippen LogP contribution in [0.5, 0.6) is 5.75 Å². The first-order chi connectivity index (χ1) is 15.7. The predicted octanol–water partition coefficient (Wildman–Crippen LogP) is 9.59. The van der Waals surface area contributed by atoms with Crippen LogP contribution in [0.15, 0.2) is 36.4 Å². The van der Waals surface area contributed by atoms with E-state index >= 15 is 0 Å². The third kappa shape index (κ3) is 3.76. The van der Waals surface area contributed by atoms with Gasteiger partial charge in [-0.3, -0.25) is 0 Å². The van der Waals surface area contributed by atoms with E-state index in [0.29, 0.717) is 0 Å². The normalized spacial score (nSPS) is 26.8. The van der Waals surface area contributed by atoms with E-state index in [2.05, 4.69) is 50.2 Å². The SMILES string of the molecule is Cc1ccc(OCC2CCC(C3CCC(C)CC3)CC2)c2sc3c4ccccc4sc3c12. The van der Waals surface area contributed by atoms with Gasteiger partial charge < -0.3 is 4.74 Å². The highest BCUT2D eigenvalue weighted by Gasteiger charge is 2.30. The quantitative estimate of drug-likeness (QED) is 0.293. The van der Waals surface area contributed by atoms with Crippen LogP contribution in [-0.2, 0) is 0 Å². The summed E-state index contributed by atoms with van der Waals surface area (Å²) in [6.45, 7) is 5.57. The number of fused-ring (bicyclic) bond motifs is 5. The van der Waals surface area contributed by atoms with Crippen molar-refractivity contribution >= 4 is 52.2 Å². The van der Waals surface area contributed by atoms with Gasteiger partial charge in [-0.1, -0.05) is 44.0 Å². The molecule has 2 aliphatic rings. The summed E-state index contributed by atoms with van der Waals surface area (Å²) in [4.78, 5) is 0. The molecule has 0 bridgehead atoms. The molecule has 2 saturated carbocycles. The molecular formula is C29H34OS2. The lowest BCUT2D eigenvalue weighted by Gasteiger charge is -2.37. The first kappa shape index (κ1) is 21.0. The molecule has 32 heavy (non-hydrogen) atoms. The first-order valence-corrected chi connectivity index (χ1v) is 14.3. The van der Waals surface area contributed by atoms with E-state index in [1.807, 2.05) is 22.7 Å². The van der Waals surface area contributed by atoms with Gasteiger partial charge in [-0.05, 0) is 86.8 Å². The fourth-order valence-electron chi connectivity index (χ4n) is 6.34. The van der Waals surface area contributed by atoms with Crippen LogP contribution in [0.2, 0.25) is 0 Å². The summed E-state index contributed by atoms with van der Waals surface area (Å²) in [5, 5.41) is 2.81. The van der Waals surface area contributed by atoms with Crippen LogP contribution < -0.4 is 4.74 Å². The summed E-state index contributed by atoms with van der Waals surface area (Å²) >= 11 is 3.87. The van der Waals surface area contributed by atoms with Gasteiger partial charge in [0, 0.05) is 15.5 Å². The molecule has 0 saturated heterocycles. The third-order valence-electron chi connectivity index (χ3n) is 8.40.